The van der Waals surface area contributed by atoms with Crippen molar-refractivity contribution in [3.63, 3.8) is 0 Å². The van der Waals surface area contributed by atoms with Crippen molar-refractivity contribution in [2.75, 3.05) is 19.6 Å². The van der Waals surface area contributed by atoms with Crippen LogP contribution in [0.15, 0.2) is 0 Å². The standard InChI is InChI=1S/C17H31N3O.2ClH/c1-2-14-5-3-4-9-20(14)10-8-19-17(21)15-12-6-7-13(11-12)16(15)18;;/h12-16H,2-11,18H2,1H3,(H,19,21);2*1H. The third-order valence-electron chi connectivity index (χ3n) is 6.20. The average molecular weight is 366 g/mol. The zero-order valence-corrected chi connectivity index (χ0v) is 15.8. The molecule has 4 nitrogen and oxygen atoms in total. The van der Waals surface area contributed by atoms with Gasteiger partial charge in [0.05, 0.1) is 5.92 Å². The minimum atomic E-state index is 0. The predicted octanol–water partition coefficient (Wildman–Crippen LogP) is 2.58. The Balaban J connectivity index is 0.00000132. The molecule has 23 heavy (non-hydrogen) atoms. The normalized spacial score (nSPS) is 36.2. The zero-order chi connectivity index (χ0) is 14.8. The summed E-state index contributed by atoms with van der Waals surface area (Å²) in [7, 11) is 0. The number of hydrogen-bond donors (Lipinski definition) is 2. The van der Waals surface area contributed by atoms with E-state index in [0.29, 0.717) is 11.8 Å². The Bertz CT molecular complexity index is 381. The molecule has 2 saturated carbocycles. The maximum atomic E-state index is 12.4. The Morgan fingerprint density at radius 1 is 1.17 bits per heavy atom. The minimum absolute atomic E-state index is 0. The second-order valence-electron chi connectivity index (χ2n) is 7.32. The SMILES string of the molecule is CCC1CCCCN1CCNC(=O)C1C2CCC(C2)C1N.Cl.Cl. The van der Waals surface area contributed by atoms with Crippen LogP contribution < -0.4 is 11.1 Å². The van der Waals surface area contributed by atoms with Gasteiger partial charge < -0.3 is 11.1 Å². The van der Waals surface area contributed by atoms with E-state index in [1.54, 1.807) is 0 Å². The molecule has 2 bridgehead atoms. The number of rotatable bonds is 5. The lowest BCUT2D eigenvalue weighted by atomic mass is 9.84. The van der Waals surface area contributed by atoms with E-state index in [1.165, 1.54) is 51.5 Å². The van der Waals surface area contributed by atoms with Gasteiger partial charge in [0.15, 0.2) is 0 Å². The fourth-order valence-corrected chi connectivity index (χ4v) is 4.98. The van der Waals surface area contributed by atoms with Gasteiger partial charge in [0.2, 0.25) is 5.91 Å². The van der Waals surface area contributed by atoms with Crippen LogP contribution in [0.4, 0.5) is 0 Å². The number of halogens is 2. The second kappa shape index (κ2) is 9.45. The van der Waals surface area contributed by atoms with Crippen LogP contribution in [0.1, 0.15) is 51.9 Å². The van der Waals surface area contributed by atoms with Crippen LogP contribution in [0, 0.1) is 17.8 Å². The molecule has 2 aliphatic carbocycles. The van der Waals surface area contributed by atoms with E-state index in [0.717, 1.165) is 19.1 Å². The Morgan fingerprint density at radius 2 is 1.91 bits per heavy atom. The number of fused-ring (bicyclic) bond motifs is 2. The van der Waals surface area contributed by atoms with Crippen molar-refractivity contribution in [2.45, 2.75) is 64.0 Å². The fraction of sp³-hybridized carbons (Fsp3) is 0.941. The number of carbonyl (C=O) groups excluding carboxylic acids is 1. The number of likely N-dealkylation sites (tertiary alicyclic amines) is 1. The van der Waals surface area contributed by atoms with Gasteiger partial charge in [-0.05, 0) is 56.9 Å². The van der Waals surface area contributed by atoms with Crippen molar-refractivity contribution >= 4 is 30.7 Å². The molecule has 6 heteroatoms. The summed E-state index contributed by atoms with van der Waals surface area (Å²) < 4.78 is 0. The van der Waals surface area contributed by atoms with Crippen molar-refractivity contribution in [1.29, 1.82) is 0 Å². The first-order valence-electron chi connectivity index (χ1n) is 8.98. The molecule has 0 aromatic carbocycles. The highest BCUT2D eigenvalue weighted by Crippen LogP contribution is 2.47. The molecule has 5 unspecified atom stereocenters. The van der Waals surface area contributed by atoms with Gasteiger partial charge in [-0.1, -0.05) is 13.3 Å². The zero-order valence-electron chi connectivity index (χ0n) is 14.2. The number of nitrogens with one attached hydrogen (secondary N) is 1. The van der Waals surface area contributed by atoms with E-state index < -0.39 is 0 Å². The molecule has 5 atom stereocenters. The molecule has 0 aromatic rings. The molecule has 0 spiro atoms. The van der Waals surface area contributed by atoms with Crippen molar-refractivity contribution in [2.24, 2.45) is 23.5 Å². The Hall–Kier alpha value is -0.0300. The fourth-order valence-electron chi connectivity index (χ4n) is 4.98. The maximum Gasteiger partial charge on any atom is 0.225 e. The van der Waals surface area contributed by atoms with Gasteiger partial charge in [-0.2, -0.15) is 0 Å². The first-order chi connectivity index (χ1) is 10.2. The van der Waals surface area contributed by atoms with E-state index in [9.17, 15) is 4.79 Å². The summed E-state index contributed by atoms with van der Waals surface area (Å²) in [6, 6.07) is 0.836. The van der Waals surface area contributed by atoms with Crippen LogP contribution in [0.2, 0.25) is 0 Å². The van der Waals surface area contributed by atoms with E-state index in [1.807, 2.05) is 0 Å². The third-order valence-corrected chi connectivity index (χ3v) is 6.20. The van der Waals surface area contributed by atoms with Gasteiger partial charge in [0.1, 0.15) is 0 Å². The van der Waals surface area contributed by atoms with Crippen molar-refractivity contribution in [3.05, 3.63) is 0 Å². The van der Waals surface area contributed by atoms with Gasteiger partial charge in [-0.3, -0.25) is 9.69 Å². The summed E-state index contributed by atoms with van der Waals surface area (Å²) in [6.45, 7) is 5.26. The summed E-state index contributed by atoms with van der Waals surface area (Å²) in [4.78, 5) is 15.0. The minimum Gasteiger partial charge on any atom is -0.355 e. The smallest absolute Gasteiger partial charge is 0.225 e. The highest BCUT2D eigenvalue weighted by atomic mass is 35.5. The first kappa shape index (κ1) is 21.0. The molecule has 3 fully saturated rings. The number of hydrogen-bond acceptors (Lipinski definition) is 3. The summed E-state index contributed by atoms with van der Waals surface area (Å²) in [5, 5.41) is 3.17. The van der Waals surface area contributed by atoms with E-state index in [-0.39, 0.29) is 42.7 Å². The van der Waals surface area contributed by atoms with Crippen molar-refractivity contribution in [1.82, 2.24) is 10.2 Å². The average Bonchev–Trinajstić information content (AvgIpc) is 3.08. The van der Waals surface area contributed by atoms with Crippen molar-refractivity contribution < 1.29 is 4.79 Å². The summed E-state index contributed by atoms with van der Waals surface area (Å²) in [5.41, 5.74) is 6.25. The molecule has 1 heterocycles. The monoisotopic (exact) mass is 365 g/mol. The maximum absolute atomic E-state index is 12.4. The van der Waals surface area contributed by atoms with Gasteiger partial charge in [0.25, 0.3) is 0 Å². The Labute approximate surface area is 153 Å². The molecule has 1 aliphatic heterocycles. The van der Waals surface area contributed by atoms with Crippen LogP contribution in [0.3, 0.4) is 0 Å². The highest BCUT2D eigenvalue weighted by molar-refractivity contribution is 5.85. The molecule has 136 valence electrons. The number of nitrogens with zero attached hydrogens (tertiary/aromatic N) is 1. The van der Waals surface area contributed by atoms with Gasteiger partial charge in [0, 0.05) is 25.2 Å². The predicted molar refractivity (Wildman–Crippen MR) is 99.3 cm³/mol. The number of nitrogens with two attached hydrogens (primary N) is 1. The molecule has 3 rings (SSSR count). The topological polar surface area (TPSA) is 58.4 Å². The number of piperidine rings is 1. The molecular formula is C17H33Cl2N3O. The van der Waals surface area contributed by atoms with Gasteiger partial charge >= 0.3 is 0 Å². The van der Waals surface area contributed by atoms with Crippen LogP contribution in [-0.4, -0.2) is 42.5 Å². The lowest BCUT2D eigenvalue weighted by molar-refractivity contribution is -0.127. The molecule has 1 amide bonds. The van der Waals surface area contributed by atoms with Crippen LogP contribution in [-0.2, 0) is 4.79 Å². The van der Waals surface area contributed by atoms with Crippen LogP contribution in [0.5, 0.6) is 0 Å². The lowest BCUT2D eigenvalue weighted by Gasteiger charge is -2.35. The largest absolute Gasteiger partial charge is 0.355 e. The number of carbonyl (C=O) groups is 1. The molecule has 0 aromatic heterocycles. The summed E-state index contributed by atoms with van der Waals surface area (Å²) >= 11 is 0. The molecule has 0 radical (unpaired) electrons. The van der Waals surface area contributed by atoms with E-state index >= 15 is 0 Å². The van der Waals surface area contributed by atoms with Crippen molar-refractivity contribution in [3.8, 4) is 0 Å². The lowest BCUT2D eigenvalue weighted by Crippen LogP contribution is -2.48. The van der Waals surface area contributed by atoms with Gasteiger partial charge in [-0.25, -0.2) is 0 Å². The summed E-state index contributed by atoms with van der Waals surface area (Å²) in [6.07, 6.45) is 8.85. The molecule has 3 aliphatic rings. The number of amides is 1. The second-order valence-corrected chi connectivity index (χ2v) is 7.32. The Morgan fingerprint density at radius 3 is 2.57 bits per heavy atom. The van der Waals surface area contributed by atoms with Gasteiger partial charge in [-0.15, -0.1) is 24.8 Å². The molecular weight excluding hydrogens is 333 g/mol. The van der Waals surface area contributed by atoms with Crippen LogP contribution in [0.25, 0.3) is 0 Å². The molecule has 1 saturated heterocycles. The first-order valence-corrected chi connectivity index (χ1v) is 8.98. The van der Waals surface area contributed by atoms with Crippen LogP contribution >= 0.6 is 24.8 Å². The third kappa shape index (κ3) is 4.53. The quantitative estimate of drug-likeness (QED) is 0.786. The Kier molecular flexibility index (Phi) is 8.64. The highest BCUT2D eigenvalue weighted by Gasteiger charge is 2.48. The van der Waals surface area contributed by atoms with E-state index in [4.69, 9.17) is 5.73 Å². The van der Waals surface area contributed by atoms with E-state index in [2.05, 4.69) is 17.1 Å². The summed E-state index contributed by atoms with van der Waals surface area (Å²) in [5.74, 6) is 1.48. The molecule has 3 N–H and O–H groups in total.